The zero-order chi connectivity index (χ0) is 14.5. The number of aromatic nitrogens is 2. The molecule has 0 aliphatic heterocycles. The van der Waals surface area contributed by atoms with Crippen LogP contribution in [-0.4, -0.2) is 18.0 Å². The third-order valence-corrected chi connectivity index (χ3v) is 2.66. The van der Waals surface area contributed by atoms with Gasteiger partial charge in [-0.1, -0.05) is 0 Å². The molecule has 0 N–H and O–H groups in total. The van der Waals surface area contributed by atoms with Crippen LogP contribution in [0.4, 0.5) is 0 Å². The Hall–Kier alpha value is -2.57. The number of aryl methyl sites for hydroxylation is 1. The van der Waals surface area contributed by atoms with Crippen molar-refractivity contribution >= 4 is 6.29 Å². The summed E-state index contributed by atoms with van der Waals surface area (Å²) in [4.78, 5) is 11.0. The highest BCUT2D eigenvalue weighted by molar-refractivity contribution is 5.76. The van der Waals surface area contributed by atoms with E-state index >= 15 is 0 Å². The summed E-state index contributed by atoms with van der Waals surface area (Å²) < 4.78 is 15.4. The summed E-state index contributed by atoms with van der Waals surface area (Å²) in [5, 5.41) is 14.8. The fourth-order valence-electron chi connectivity index (χ4n) is 1.62. The molecule has 1 aromatic heterocycles. The second-order valence-corrected chi connectivity index (χ2v) is 4.01. The summed E-state index contributed by atoms with van der Waals surface area (Å²) in [6.45, 7) is 3.91. The van der Waals surface area contributed by atoms with E-state index in [-0.39, 0.29) is 12.3 Å². The maximum Gasteiger partial charge on any atom is 0.235 e. The molecule has 2 aromatic rings. The smallest absolute Gasteiger partial charge is 0.235 e. The summed E-state index contributed by atoms with van der Waals surface area (Å²) in [6, 6.07) is 4.81. The van der Waals surface area contributed by atoms with Crippen molar-refractivity contribution in [2.24, 2.45) is 0 Å². The van der Waals surface area contributed by atoms with Crippen LogP contribution in [0.2, 0.25) is 0 Å². The van der Waals surface area contributed by atoms with Gasteiger partial charge in [0.15, 0.2) is 18.1 Å². The molecular weight excluding hydrogens is 264 g/mol. The van der Waals surface area contributed by atoms with E-state index in [1.807, 2.05) is 6.92 Å². The number of nitrogens with zero attached hydrogens (tertiary/aromatic N) is 2. The summed E-state index contributed by atoms with van der Waals surface area (Å²) in [5.41, 5.74) is 1.23. The van der Waals surface area contributed by atoms with E-state index in [4.69, 9.17) is 9.47 Å². The minimum absolute atomic E-state index is 0.000651. The van der Waals surface area contributed by atoms with Crippen molar-refractivity contribution in [1.82, 2.24) is 5.16 Å². The molecule has 0 aliphatic rings. The fraction of sp³-hybridized carbons (Fsp3) is 0.308. The van der Waals surface area contributed by atoms with Gasteiger partial charge in [0.05, 0.1) is 6.61 Å². The largest absolute Gasteiger partial charge is 0.490 e. The van der Waals surface area contributed by atoms with E-state index in [1.165, 1.54) is 0 Å². The predicted molar refractivity (Wildman–Crippen MR) is 67.5 cm³/mol. The van der Waals surface area contributed by atoms with Crippen LogP contribution in [-0.2, 0) is 6.61 Å². The van der Waals surface area contributed by atoms with E-state index in [0.717, 1.165) is 6.29 Å². The molecule has 0 saturated carbocycles. The van der Waals surface area contributed by atoms with Gasteiger partial charge in [0.2, 0.25) is 11.4 Å². The van der Waals surface area contributed by atoms with E-state index in [9.17, 15) is 10.0 Å². The van der Waals surface area contributed by atoms with E-state index in [2.05, 4.69) is 9.79 Å². The van der Waals surface area contributed by atoms with Crippen molar-refractivity contribution in [3.05, 3.63) is 40.4 Å². The molecule has 7 nitrogen and oxygen atoms in total. The van der Waals surface area contributed by atoms with Gasteiger partial charge in [0, 0.05) is 17.6 Å². The van der Waals surface area contributed by atoms with Gasteiger partial charge in [-0.3, -0.25) is 9.42 Å². The van der Waals surface area contributed by atoms with Crippen molar-refractivity contribution in [1.29, 1.82) is 0 Å². The standard InChI is InChI=1S/C13H14N2O5/c1-3-18-13-6-10(7-16)4-5-12(13)19-8-11-9(2)14-20-15(11)17/h4-7H,3,8H2,1-2H3. The van der Waals surface area contributed by atoms with Crippen LogP contribution >= 0.6 is 0 Å². The molecular formula is C13H14N2O5. The van der Waals surface area contributed by atoms with Crippen LogP contribution in [0.1, 0.15) is 28.7 Å². The van der Waals surface area contributed by atoms with Gasteiger partial charge in [-0.15, -0.1) is 0 Å². The van der Waals surface area contributed by atoms with E-state index in [0.29, 0.717) is 34.3 Å². The molecule has 0 spiro atoms. The lowest BCUT2D eigenvalue weighted by Crippen LogP contribution is -2.29. The molecule has 0 fully saturated rings. The van der Waals surface area contributed by atoms with Gasteiger partial charge in [0.25, 0.3) is 0 Å². The van der Waals surface area contributed by atoms with Crippen LogP contribution in [0.3, 0.4) is 0 Å². The summed E-state index contributed by atoms with van der Waals surface area (Å²) in [5.74, 6) is 0.890. The van der Waals surface area contributed by atoms with Crippen molar-refractivity contribution in [3.63, 3.8) is 0 Å². The maximum atomic E-state index is 11.3. The van der Waals surface area contributed by atoms with Crippen molar-refractivity contribution < 1.29 is 23.8 Å². The van der Waals surface area contributed by atoms with Gasteiger partial charge in [-0.25, -0.2) is 0 Å². The van der Waals surface area contributed by atoms with E-state index in [1.54, 1.807) is 25.1 Å². The van der Waals surface area contributed by atoms with Crippen LogP contribution in [0.15, 0.2) is 22.8 Å². The molecule has 0 aliphatic carbocycles. The minimum Gasteiger partial charge on any atom is -0.490 e. The fourth-order valence-corrected chi connectivity index (χ4v) is 1.62. The molecule has 106 valence electrons. The average molecular weight is 278 g/mol. The second kappa shape index (κ2) is 6.05. The highest BCUT2D eigenvalue weighted by Crippen LogP contribution is 2.28. The Kier molecular flexibility index (Phi) is 4.19. The highest BCUT2D eigenvalue weighted by atomic mass is 16.8. The lowest BCUT2D eigenvalue weighted by molar-refractivity contribution is -0.808. The zero-order valence-electron chi connectivity index (χ0n) is 11.2. The molecule has 0 bridgehead atoms. The van der Waals surface area contributed by atoms with Gasteiger partial charge in [-0.05, 0) is 30.0 Å². The number of carbonyl (C=O) groups excluding carboxylic acids is 1. The first-order valence-corrected chi connectivity index (χ1v) is 6.05. The lowest BCUT2D eigenvalue weighted by Gasteiger charge is -2.11. The molecule has 20 heavy (non-hydrogen) atoms. The van der Waals surface area contributed by atoms with Crippen LogP contribution < -0.4 is 14.4 Å². The Balaban J connectivity index is 2.18. The molecule has 1 aromatic carbocycles. The molecule has 1 heterocycles. The number of aldehydes is 1. The van der Waals surface area contributed by atoms with E-state index < -0.39 is 0 Å². The Morgan fingerprint density at radius 1 is 1.40 bits per heavy atom. The SMILES string of the molecule is CCOc1cc(C=O)ccc1OCc1c(C)no[n+]1[O-]. The van der Waals surface area contributed by atoms with Crippen LogP contribution in [0.5, 0.6) is 11.5 Å². The molecule has 0 radical (unpaired) electrons. The Labute approximate surface area is 115 Å². The molecule has 2 rings (SSSR count). The van der Waals surface area contributed by atoms with Crippen LogP contribution in [0, 0.1) is 12.1 Å². The molecule has 0 amide bonds. The normalized spacial score (nSPS) is 10.3. The van der Waals surface area contributed by atoms with Crippen molar-refractivity contribution in [2.75, 3.05) is 6.61 Å². The van der Waals surface area contributed by atoms with Gasteiger partial charge in [0.1, 0.15) is 6.29 Å². The quantitative estimate of drug-likeness (QED) is 0.586. The van der Waals surface area contributed by atoms with Crippen LogP contribution in [0.25, 0.3) is 0 Å². The zero-order valence-corrected chi connectivity index (χ0v) is 11.2. The minimum atomic E-state index is -0.000651. The summed E-state index contributed by atoms with van der Waals surface area (Å²) >= 11 is 0. The molecule has 0 atom stereocenters. The number of carbonyl (C=O) groups is 1. The molecule has 0 saturated heterocycles. The second-order valence-electron chi connectivity index (χ2n) is 4.01. The Morgan fingerprint density at radius 2 is 2.20 bits per heavy atom. The van der Waals surface area contributed by atoms with Gasteiger partial charge in [-0.2, -0.15) is 0 Å². The average Bonchev–Trinajstić information content (AvgIpc) is 2.77. The van der Waals surface area contributed by atoms with Gasteiger partial charge < -0.3 is 14.7 Å². The number of ether oxygens (including phenoxy) is 2. The summed E-state index contributed by atoms with van der Waals surface area (Å²) in [7, 11) is 0. The number of rotatable bonds is 6. The molecule has 7 heteroatoms. The van der Waals surface area contributed by atoms with Crippen molar-refractivity contribution in [2.45, 2.75) is 20.5 Å². The first kappa shape index (κ1) is 13.9. The predicted octanol–water partition coefficient (Wildman–Crippen LogP) is 1.41. The van der Waals surface area contributed by atoms with Crippen molar-refractivity contribution in [3.8, 4) is 11.5 Å². The maximum absolute atomic E-state index is 11.3. The first-order valence-electron chi connectivity index (χ1n) is 6.05. The monoisotopic (exact) mass is 278 g/mol. The number of benzene rings is 1. The highest BCUT2D eigenvalue weighted by Gasteiger charge is 2.16. The lowest BCUT2D eigenvalue weighted by atomic mass is 10.2. The Bertz CT molecular complexity index is 589. The summed E-state index contributed by atoms with van der Waals surface area (Å²) in [6.07, 6.45) is 0.724. The molecule has 0 unspecified atom stereocenters. The Morgan fingerprint density at radius 3 is 2.80 bits per heavy atom. The third-order valence-electron chi connectivity index (χ3n) is 2.66. The number of hydrogen-bond donors (Lipinski definition) is 0. The number of hydrogen-bond acceptors (Lipinski definition) is 6. The van der Waals surface area contributed by atoms with Gasteiger partial charge >= 0.3 is 0 Å². The third kappa shape index (κ3) is 2.87. The topological polar surface area (TPSA) is 88.5 Å². The first-order chi connectivity index (χ1) is 9.65.